The molecule has 1 saturated heterocycles. The van der Waals surface area contributed by atoms with E-state index in [1.807, 2.05) is 18.2 Å². The van der Waals surface area contributed by atoms with Crippen LogP contribution in [0.5, 0.6) is 5.75 Å². The summed E-state index contributed by atoms with van der Waals surface area (Å²) in [7, 11) is 0. The maximum Gasteiger partial charge on any atom is 0.407 e. The summed E-state index contributed by atoms with van der Waals surface area (Å²) < 4.78 is 12.7. The third-order valence-corrected chi connectivity index (χ3v) is 4.36. The van der Waals surface area contributed by atoms with Gasteiger partial charge < -0.3 is 19.5 Å². The lowest BCUT2D eigenvalue weighted by molar-refractivity contribution is -0.148. The number of benzene rings is 1. The Morgan fingerprint density at radius 3 is 2.80 bits per heavy atom. The van der Waals surface area contributed by atoms with Gasteiger partial charge in [-0.3, -0.25) is 0 Å². The van der Waals surface area contributed by atoms with Gasteiger partial charge in [-0.15, -0.1) is 0 Å². The first kappa shape index (κ1) is 13.7. The number of hydrogen-bond donors (Lipinski definition) is 1. The molecule has 1 unspecified atom stereocenters. The molecule has 0 saturated carbocycles. The van der Waals surface area contributed by atoms with Gasteiger partial charge in [0.1, 0.15) is 5.75 Å². The highest BCUT2D eigenvalue weighted by Gasteiger charge is 2.32. The second-order valence-electron chi connectivity index (χ2n) is 5.16. The first-order valence-electron chi connectivity index (χ1n) is 6.68. The molecular formula is C14H16BrNO4. The predicted octanol–water partition coefficient (Wildman–Crippen LogP) is 3.07. The maximum absolute atomic E-state index is 10.9. The van der Waals surface area contributed by atoms with Gasteiger partial charge in [0.25, 0.3) is 0 Å². The Labute approximate surface area is 125 Å². The van der Waals surface area contributed by atoms with E-state index in [-0.39, 0.29) is 12.2 Å². The Hall–Kier alpha value is -1.27. The van der Waals surface area contributed by atoms with Crippen molar-refractivity contribution in [1.82, 2.24) is 4.90 Å². The number of nitrogens with zero attached hydrogens (tertiary/aromatic N) is 1. The number of rotatable bonds is 1. The Bertz CT molecular complexity index is 514. The summed E-state index contributed by atoms with van der Waals surface area (Å²) >= 11 is 3.43. The largest absolute Gasteiger partial charge is 0.465 e. The number of carboxylic acid groups (broad SMARTS) is 1. The number of halogens is 1. The van der Waals surface area contributed by atoms with Crippen molar-refractivity contribution in [2.45, 2.75) is 25.7 Å². The Morgan fingerprint density at radius 2 is 2.10 bits per heavy atom. The van der Waals surface area contributed by atoms with Crippen molar-refractivity contribution in [3.05, 3.63) is 28.2 Å². The fourth-order valence-corrected chi connectivity index (χ4v) is 3.11. The van der Waals surface area contributed by atoms with Gasteiger partial charge in [-0.05, 0) is 31.0 Å². The highest BCUT2D eigenvalue weighted by atomic mass is 79.9. The minimum absolute atomic E-state index is 0.252. The minimum Gasteiger partial charge on any atom is -0.465 e. The molecule has 0 bridgehead atoms. The van der Waals surface area contributed by atoms with Gasteiger partial charge >= 0.3 is 6.09 Å². The maximum atomic E-state index is 10.9. The first-order chi connectivity index (χ1) is 9.63. The molecule has 1 amide bonds. The number of carbonyl (C=O) groups is 1. The summed E-state index contributed by atoms with van der Waals surface area (Å²) in [5, 5.41) is 8.95. The molecule has 0 radical (unpaired) electrons. The normalized spacial score (nSPS) is 23.1. The van der Waals surface area contributed by atoms with Gasteiger partial charge in [-0.2, -0.15) is 0 Å². The van der Waals surface area contributed by atoms with Crippen LogP contribution in [-0.2, 0) is 11.3 Å². The standard InChI is InChI=1S/C14H16BrNO4/c15-11-1-2-12-10(7-11)8-19-13(20-12)9-3-5-16(6-4-9)14(17)18/h1-2,7,9,13H,3-6,8H2,(H,17,18). The quantitative estimate of drug-likeness (QED) is 0.852. The Morgan fingerprint density at radius 1 is 1.35 bits per heavy atom. The second kappa shape index (κ2) is 5.61. The van der Waals surface area contributed by atoms with Crippen LogP contribution in [0.3, 0.4) is 0 Å². The summed E-state index contributed by atoms with van der Waals surface area (Å²) in [6.07, 6.45) is 0.454. The van der Waals surface area contributed by atoms with Gasteiger partial charge in [-0.1, -0.05) is 15.9 Å². The summed E-state index contributed by atoms with van der Waals surface area (Å²) in [6, 6.07) is 5.90. The topological polar surface area (TPSA) is 59.0 Å². The van der Waals surface area contributed by atoms with Gasteiger partial charge in [0.15, 0.2) is 0 Å². The lowest BCUT2D eigenvalue weighted by Crippen LogP contribution is -2.43. The minimum atomic E-state index is -0.843. The predicted molar refractivity (Wildman–Crippen MR) is 75.7 cm³/mol. The van der Waals surface area contributed by atoms with E-state index in [1.165, 1.54) is 4.90 Å². The highest BCUT2D eigenvalue weighted by Crippen LogP contribution is 2.33. The van der Waals surface area contributed by atoms with E-state index in [0.29, 0.717) is 19.7 Å². The molecule has 2 aliphatic heterocycles. The van der Waals surface area contributed by atoms with Crippen LogP contribution in [0.2, 0.25) is 0 Å². The van der Waals surface area contributed by atoms with Crippen LogP contribution >= 0.6 is 15.9 Å². The van der Waals surface area contributed by atoms with Crippen LogP contribution in [-0.4, -0.2) is 35.5 Å². The molecule has 1 aromatic carbocycles. The fraction of sp³-hybridized carbons (Fsp3) is 0.500. The number of hydrogen-bond acceptors (Lipinski definition) is 3. The second-order valence-corrected chi connectivity index (χ2v) is 6.07. The number of fused-ring (bicyclic) bond motifs is 1. The summed E-state index contributed by atoms with van der Waals surface area (Å²) in [4.78, 5) is 12.3. The summed E-state index contributed by atoms with van der Waals surface area (Å²) in [5.41, 5.74) is 1.04. The van der Waals surface area contributed by atoms with Crippen LogP contribution in [0.4, 0.5) is 4.79 Å². The molecule has 1 aromatic rings. The molecule has 0 aromatic heterocycles. The van der Waals surface area contributed by atoms with Crippen molar-refractivity contribution < 1.29 is 19.4 Å². The molecule has 0 spiro atoms. The van der Waals surface area contributed by atoms with E-state index in [1.54, 1.807) is 0 Å². The molecule has 3 rings (SSSR count). The molecule has 1 N–H and O–H groups in total. The van der Waals surface area contributed by atoms with Crippen molar-refractivity contribution >= 4 is 22.0 Å². The van der Waals surface area contributed by atoms with E-state index in [2.05, 4.69) is 15.9 Å². The zero-order valence-electron chi connectivity index (χ0n) is 10.9. The van der Waals surface area contributed by atoms with E-state index < -0.39 is 6.09 Å². The number of amides is 1. The van der Waals surface area contributed by atoms with E-state index in [0.717, 1.165) is 28.6 Å². The Balaban J connectivity index is 1.63. The average Bonchev–Trinajstić information content (AvgIpc) is 2.47. The first-order valence-corrected chi connectivity index (χ1v) is 7.47. The molecule has 0 aliphatic carbocycles. The SMILES string of the molecule is O=C(O)N1CCC(C2OCc3cc(Br)ccc3O2)CC1. The van der Waals surface area contributed by atoms with Crippen LogP contribution in [0, 0.1) is 5.92 Å². The third-order valence-electron chi connectivity index (χ3n) is 3.86. The van der Waals surface area contributed by atoms with E-state index >= 15 is 0 Å². The molecule has 108 valence electrons. The lowest BCUT2D eigenvalue weighted by Gasteiger charge is -2.36. The number of piperidine rings is 1. The van der Waals surface area contributed by atoms with Crippen molar-refractivity contribution in [2.24, 2.45) is 5.92 Å². The third kappa shape index (κ3) is 2.76. The molecule has 20 heavy (non-hydrogen) atoms. The molecule has 2 heterocycles. The van der Waals surface area contributed by atoms with Gasteiger partial charge in [0.2, 0.25) is 6.29 Å². The van der Waals surface area contributed by atoms with Gasteiger partial charge in [0.05, 0.1) is 6.61 Å². The van der Waals surface area contributed by atoms with Crippen molar-refractivity contribution in [3.63, 3.8) is 0 Å². The zero-order valence-corrected chi connectivity index (χ0v) is 12.5. The number of ether oxygens (including phenoxy) is 2. The molecule has 6 heteroatoms. The Kier molecular flexibility index (Phi) is 3.85. The van der Waals surface area contributed by atoms with Crippen LogP contribution in [0.15, 0.2) is 22.7 Å². The van der Waals surface area contributed by atoms with E-state index in [4.69, 9.17) is 14.6 Å². The summed E-state index contributed by atoms with van der Waals surface area (Å²) in [6.45, 7) is 1.64. The van der Waals surface area contributed by atoms with E-state index in [9.17, 15) is 4.79 Å². The molecular weight excluding hydrogens is 326 g/mol. The summed E-state index contributed by atoms with van der Waals surface area (Å²) in [5.74, 6) is 1.12. The monoisotopic (exact) mass is 341 g/mol. The molecule has 2 aliphatic rings. The van der Waals surface area contributed by atoms with Crippen molar-refractivity contribution in [3.8, 4) is 5.75 Å². The lowest BCUT2D eigenvalue weighted by atomic mass is 9.96. The van der Waals surface area contributed by atoms with Crippen LogP contribution in [0.1, 0.15) is 18.4 Å². The average molecular weight is 342 g/mol. The van der Waals surface area contributed by atoms with Crippen LogP contribution < -0.4 is 4.74 Å². The molecule has 1 fully saturated rings. The molecule has 5 nitrogen and oxygen atoms in total. The van der Waals surface area contributed by atoms with Crippen molar-refractivity contribution in [2.75, 3.05) is 13.1 Å². The van der Waals surface area contributed by atoms with Crippen molar-refractivity contribution in [1.29, 1.82) is 0 Å². The van der Waals surface area contributed by atoms with Gasteiger partial charge in [0, 0.05) is 29.0 Å². The fourth-order valence-electron chi connectivity index (χ4n) is 2.70. The highest BCUT2D eigenvalue weighted by molar-refractivity contribution is 9.10. The number of likely N-dealkylation sites (tertiary alicyclic amines) is 1. The smallest absolute Gasteiger partial charge is 0.407 e. The van der Waals surface area contributed by atoms with Crippen LogP contribution in [0.25, 0.3) is 0 Å². The van der Waals surface area contributed by atoms with Gasteiger partial charge in [-0.25, -0.2) is 4.79 Å². The molecule has 1 atom stereocenters. The zero-order chi connectivity index (χ0) is 14.1.